The SMILES string of the molecule is CC#CC1(O)CCCC1=O. The minimum Gasteiger partial charge on any atom is -0.371 e. The zero-order valence-electron chi connectivity index (χ0n) is 5.98. The molecule has 0 aromatic heterocycles. The van der Waals surface area contributed by atoms with Gasteiger partial charge in [0.05, 0.1) is 0 Å². The summed E-state index contributed by atoms with van der Waals surface area (Å²) in [5.74, 6) is 4.96. The summed E-state index contributed by atoms with van der Waals surface area (Å²) in [7, 11) is 0. The van der Waals surface area contributed by atoms with Crippen LogP contribution in [0.5, 0.6) is 0 Å². The van der Waals surface area contributed by atoms with Gasteiger partial charge in [-0.2, -0.15) is 0 Å². The van der Waals surface area contributed by atoms with E-state index in [0.29, 0.717) is 12.8 Å². The lowest BCUT2D eigenvalue weighted by Crippen LogP contribution is -2.31. The number of rotatable bonds is 0. The molecule has 1 aliphatic carbocycles. The molecule has 0 radical (unpaired) electrons. The molecule has 54 valence electrons. The van der Waals surface area contributed by atoms with Gasteiger partial charge in [0.25, 0.3) is 0 Å². The van der Waals surface area contributed by atoms with Crippen molar-refractivity contribution in [1.29, 1.82) is 0 Å². The highest BCUT2D eigenvalue weighted by molar-refractivity contribution is 5.92. The molecule has 10 heavy (non-hydrogen) atoms. The van der Waals surface area contributed by atoms with E-state index >= 15 is 0 Å². The van der Waals surface area contributed by atoms with Crippen molar-refractivity contribution >= 4 is 5.78 Å². The van der Waals surface area contributed by atoms with Crippen molar-refractivity contribution in [2.45, 2.75) is 31.8 Å². The maximum atomic E-state index is 10.9. The predicted octanol–water partition coefficient (Wildman–Crippen LogP) is 0.494. The molecule has 1 unspecified atom stereocenters. The standard InChI is InChI=1S/C8H10O2/c1-2-5-8(10)6-3-4-7(8)9/h10H,3-4,6H2,1H3. The summed E-state index contributed by atoms with van der Waals surface area (Å²) in [6.45, 7) is 1.63. The second-order valence-corrected chi connectivity index (χ2v) is 2.51. The fourth-order valence-corrected chi connectivity index (χ4v) is 1.19. The van der Waals surface area contributed by atoms with Gasteiger partial charge in [0.2, 0.25) is 0 Å². The summed E-state index contributed by atoms with van der Waals surface area (Å²) in [6.07, 6.45) is 1.75. The van der Waals surface area contributed by atoms with E-state index in [-0.39, 0.29) is 5.78 Å². The van der Waals surface area contributed by atoms with E-state index in [9.17, 15) is 9.90 Å². The van der Waals surface area contributed by atoms with Crippen LogP contribution >= 0.6 is 0 Å². The highest BCUT2D eigenvalue weighted by Crippen LogP contribution is 2.24. The van der Waals surface area contributed by atoms with E-state index in [0.717, 1.165) is 6.42 Å². The van der Waals surface area contributed by atoms with Crippen LogP contribution in [-0.2, 0) is 4.79 Å². The molecule has 1 rings (SSSR count). The molecule has 0 spiro atoms. The fraction of sp³-hybridized carbons (Fsp3) is 0.625. The van der Waals surface area contributed by atoms with Gasteiger partial charge in [-0.3, -0.25) is 4.79 Å². The summed E-state index contributed by atoms with van der Waals surface area (Å²) in [6, 6.07) is 0. The van der Waals surface area contributed by atoms with Crippen molar-refractivity contribution < 1.29 is 9.90 Å². The monoisotopic (exact) mass is 138 g/mol. The summed E-state index contributed by atoms with van der Waals surface area (Å²) in [4.78, 5) is 10.9. The van der Waals surface area contributed by atoms with Crippen LogP contribution in [0.1, 0.15) is 26.2 Å². The molecular formula is C8H10O2. The average molecular weight is 138 g/mol. The van der Waals surface area contributed by atoms with Gasteiger partial charge >= 0.3 is 0 Å². The van der Waals surface area contributed by atoms with E-state index in [2.05, 4.69) is 11.8 Å². The molecular weight excluding hydrogens is 128 g/mol. The van der Waals surface area contributed by atoms with E-state index in [1.165, 1.54) is 0 Å². The zero-order chi connectivity index (χ0) is 7.61. The smallest absolute Gasteiger partial charge is 0.184 e. The van der Waals surface area contributed by atoms with Gasteiger partial charge in [0.15, 0.2) is 11.4 Å². The Morgan fingerprint density at radius 1 is 1.70 bits per heavy atom. The predicted molar refractivity (Wildman–Crippen MR) is 37.3 cm³/mol. The number of carbonyl (C=O) groups excluding carboxylic acids is 1. The van der Waals surface area contributed by atoms with Crippen molar-refractivity contribution in [1.82, 2.24) is 0 Å². The average Bonchev–Trinajstić information content (AvgIpc) is 2.15. The number of ketones is 1. The van der Waals surface area contributed by atoms with Crippen molar-refractivity contribution in [3.63, 3.8) is 0 Å². The lowest BCUT2D eigenvalue weighted by Gasteiger charge is -2.10. The van der Waals surface area contributed by atoms with Gasteiger partial charge in [-0.05, 0) is 19.8 Å². The highest BCUT2D eigenvalue weighted by atomic mass is 16.3. The van der Waals surface area contributed by atoms with Crippen LogP contribution in [0.25, 0.3) is 0 Å². The number of hydrogen-bond acceptors (Lipinski definition) is 2. The summed E-state index contributed by atoms with van der Waals surface area (Å²) < 4.78 is 0. The number of carbonyl (C=O) groups is 1. The molecule has 2 nitrogen and oxygen atoms in total. The van der Waals surface area contributed by atoms with E-state index < -0.39 is 5.60 Å². The first-order chi connectivity index (χ1) is 4.69. The topological polar surface area (TPSA) is 37.3 Å². The van der Waals surface area contributed by atoms with Crippen LogP contribution in [0.4, 0.5) is 0 Å². The third kappa shape index (κ3) is 1.05. The molecule has 0 bridgehead atoms. The van der Waals surface area contributed by atoms with Crippen LogP contribution in [0.3, 0.4) is 0 Å². The van der Waals surface area contributed by atoms with Crippen molar-refractivity contribution in [3.05, 3.63) is 0 Å². The van der Waals surface area contributed by atoms with Gasteiger partial charge < -0.3 is 5.11 Å². The van der Waals surface area contributed by atoms with E-state index in [1.807, 2.05) is 0 Å². The zero-order valence-corrected chi connectivity index (χ0v) is 5.98. The normalized spacial score (nSPS) is 31.6. The van der Waals surface area contributed by atoms with Crippen LogP contribution in [0, 0.1) is 11.8 Å². The first kappa shape index (κ1) is 7.30. The Labute approximate surface area is 60.2 Å². The molecule has 0 heterocycles. The number of Topliss-reactive ketones (excluding diaryl/α,β-unsaturated/α-hetero) is 1. The molecule has 1 saturated carbocycles. The molecule has 0 aromatic carbocycles. The minimum atomic E-state index is -1.30. The van der Waals surface area contributed by atoms with Gasteiger partial charge in [0.1, 0.15) is 0 Å². The van der Waals surface area contributed by atoms with Crippen LogP contribution in [-0.4, -0.2) is 16.5 Å². The molecule has 1 atom stereocenters. The maximum absolute atomic E-state index is 10.9. The van der Waals surface area contributed by atoms with E-state index in [1.54, 1.807) is 6.92 Å². The van der Waals surface area contributed by atoms with Gasteiger partial charge in [-0.1, -0.05) is 5.92 Å². The molecule has 2 heteroatoms. The maximum Gasteiger partial charge on any atom is 0.184 e. The van der Waals surface area contributed by atoms with Crippen LogP contribution < -0.4 is 0 Å². The quantitative estimate of drug-likeness (QED) is 0.495. The second kappa shape index (κ2) is 2.43. The lowest BCUT2D eigenvalue weighted by atomic mass is 10.0. The summed E-state index contributed by atoms with van der Waals surface area (Å²) in [5, 5.41) is 9.44. The first-order valence-electron chi connectivity index (χ1n) is 3.38. The Kier molecular flexibility index (Phi) is 1.78. The Morgan fingerprint density at radius 3 is 2.80 bits per heavy atom. The molecule has 1 aliphatic rings. The second-order valence-electron chi connectivity index (χ2n) is 2.51. The molecule has 0 amide bonds. The van der Waals surface area contributed by atoms with Crippen molar-refractivity contribution in [2.75, 3.05) is 0 Å². The van der Waals surface area contributed by atoms with Crippen LogP contribution in [0.2, 0.25) is 0 Å². The highest BCUT2D eigenvalue weighted by Gasteiger charge is 2.37. The lowest BCUT2D eigenvalue weighted by molar-refractivity contribution is -0.128. The Bertz CT molecular complexity index is 209. The summed E-state index contributed by atoms with van der Waals surface area (Å²) >= 11 is 0. The first-order valence-corrected chi connectivity index (χ1v) is 3.38. The van der Waals surface area contributed by atoms with Crippen LogP contribution in [0.15, 0.2) is 0 Å². The summed E-state index contributed by atoms with van der Waals surface area (Å²) in [5.41, 5.74) is -1.30. The number of hydrogen-bond donors (Lipinski definition) is 1. The Morgan fingerprint density at radius 2 is 2.40 bits per heavy atom. The van der Waals surface area contributed by atoms with Gasteiger partial charge in [-0.25, -0.2) is 0 Å². The molecule has 0 aliphatic heterocycles. The third-order valence-electron chi connectivity index (χ3n) is 1.74. The molecule has 1 N–H and O–H groups in total. The molecule has 0 saturated heterocycles. The third-order valence-corrected chi connectivity index (χ3v) is 1.74. The molecule has 0 aromatic rings. The fourth-order valence-electron chi connectivity index (χ4n) is 1.19. The Balaban J connectivity index is 2.82. The van der Waals surface area contributed by atoms with Gasteiger partial charge in [-0.15, -0.1) is 5.92 Å². The van der Waals surface area contributed by atoms with Gasteiger partial charge in [0, 0.05) is 6.42 Å². The van der Waals surface area contributed by atoms with Crippen molar-refractivity contribution in [2.24, 2.45) is 0 Å². The Hall–Kier alpha value is -0.810. The molecule has 1 fully saturated rings. The minimum absolute atomic E-state index is 0.123. The van der Waals surface area contributed by atoms with E-state index in [4.69, 9.17) is 0 Å². The largest absolute Gasteiger partial charge is 0.371 e. The number of aliphatic hydroxyl groups is 1. The van der Waals surface area contributed by atoms with Crippen molar-refractivity contribution in [3.8, 4) is 11.8 Å².